The highest BCUT2D eigenvalue weighted by atomic mass is 32.2. The standard InChI is InChI=1S/C25H33F4N5S/c1-32-10-6-17(7-11-32)22-30-31-23(33(22)2)35-13-3-9-34-12-8-24(16-34)15-20(24)19-5-4-18(14-21(19)26)25(27,28)29/h4-5,14,17,20H,3,6-13,15-16H2,1-2H3/t20-,24+/m1/s1. The molecule has 0 amide bonds. The molecule has 1 aliphatic carbocycles. The van der Waals surface area contributed by atoms with E-state index in [0.29, 0.717) is 17.5 Å². The van der Waals surface area contributed by atoms with Gasteiger partial charge in [0, 0.05) is 25.3 Å². The lowest BCUT2D eigenvalue weighted by atomic mass is 9.96. The van der Waals surface area contributed by atoms with E-state index in [2.05, 4.69) is 38.7 Å². The summed E-state index contributed by atoms with van der Waals surface area (Å²) in [6.07, 6.45) is 0.606. The number of nitrogens with zero attached hydrogens (tertiary/aromatic N) is 5. The van der Waals surface area contributed by atoms with Crippen molar-refractivity contribution in [1.82, 2.24) is 24.6 Å². The second kappa shape index (κ2) is 9.67. The molecule has 1 aromatic heterocycles. The highest BCUT2D eigenvalue weighted by Crippen LogP contribution is 2.64. The fourth-order valence-electron chi connectivity index (χ4n) is 5.93. The largest absolute Gasteiger partial charge is 0.416 e. The van der Waals surface area contributed by atoms with Gasteiger partial charge in [0.15, 0.2) is 5.16 Å². The SMILES string of the molecule is CN1CCC(c2nnc(SCCCN3CC[C@]4(C[C@@H]4c4ccc(C(F)(F)F)cc4F)C3)n2C)CC1. The third-order valence-corrected chi connectivity index (χ3v) is 9.27. The van der Waals surface area contributed by atoms with Crippen LogP contribution in [-0.2, 0) is 13.2 Å². The molecule has 2 aliphatic heterocycles. The fraction of sp³-hybridized carbons (Fsp3) is 0.680. The summed E-state index contributed by atoms with van der Waals surface area (Å²) < 4.78 is 55.2. The Labute approximate surface area is 208 Å². The van der Waals surface area contributed by atoms with Crippen LogP contribution in [0, 0.1) is 11.2 Å². The van der Waals surface area contributed by atoms with Crippen LogP contribution in [-0.4, -0.2) is 70.1 Å². The van der Waals surface area contributed by atoms with Crippen molar-refractivity contribution >= 4 is 11.8 Å². The van der Waals surface area contributed by atoms with Crippen molar-refractivity contribution in [2.45, 2.75) is 55.3 Å². The number of alkyl halides is 3. The molecule has 0 N–H and O–H groups in total. The minimum absolute atomic E-state index is 0.0281. The molecule has 0 radical (unpaired) electrons. The normalized spacial score (nSPS) is 26.2. The number of likely N-dealkylation sites (tertiary alicyclic amines) is 2. The van der Waals surface area contributed by atoms with Crippen LogP contribution in [0.1, 0.15) is 60.9 Å². The second-order valence-electron chi connectivity index (χ2n) is 10.6. The first-order chi connectivity index (χ1) is 16.7. The minimum atomic E-state index is -4.51. The molecule has 35 heavy (non-hydrogen) atoms. The number of thioether (sulfide) groups is 1. The van der Waals surface area contributed by atoms with E-state index in [-0.39, 0.29) is 11.3 Å². The maximum absolute atomic E-state index is 14.5. The topological polar surface area (TPSA) is 37.2 Å². The molecule has 1 saturated carbocycles. The monoisotopic (exact) mass is 511 g/mol. The Balaban J connectivity index is 1.08. The predicted molar refractivity (Wildman–Crippen MR) is 128 cm³/mol. The Morgan fingerprint density at radius 1 is 1.11 bits per heavy atom. The number of hydrogen-bond donors (Lipinski definition) is 0. The molecule has 5 rings (SSSR count). The lowest BCUT2D eigenvalue weighted by Gasteiger charge is -2.28. The zero-order valence-corrected chi connectivity index (χ0v) is 21.1. The molecule has 192 valence electrons. The van der Waals surface area contributed by atoms with E-state index in [0.717, 1.165) is 87.6 Å². The van der Waals surface area contributed by atoms with Crippen molar-refractivity contribution < 1.29 is 17.6 Å². The van der Waals surface area contributed by atoms with Gasteiger partial charge < -0.3 is 14.4 Å². The van der Waals surface area contributed by atoms with Gasteiger partial charge in [0.2, 0.25) is 0 Å². The fourth-order valence-corrected chi connectivity index (χ4v) is 6.77. The van der Waals surface area contributed by atoms with Crippen LogP contribution in [0.15, 0.2) is 23.4 Å². The first-order valence-electron chi connectivity index (χ1n) is 12.5. The van der Waals surface area contributed by atoms with E-state index in [9.17, 15) is 17.6 Å². The highest BCUT2D eigenvalue weighted by molar-refractivity contribution is 7.99. The van der Waals surface area contributed by atoms with Gasteiger partial charge in [-0.15, -0.1) is 10.2 Å². The molecule has 1 aromatic carbocycles. The van der Waals surface area contributed by atoms with E-state index >= 15 is 0 Å². The third kappa shape index (κ3) is 5.25. The average Bonchev–Trinajstić information content (AvgIpc) is 3.14. The lowest BCUT2D eigenvalue weighted by molar-refractivity contribution is -0.137. The Morgan fingerprint density at radius 3 is 2.60 bits per heavy atom. The Morgan fingerprint density at radius 2 is 1.89 bits per heavy atom. The lowest BCUT2D eigenvalue weighted by Crippen LogP contribution is -2.30. The number of halogens is 4. The van der Waals surface area contributed by atoms with Crippen LogP contribution in [0.25, 0.3) is 0 Å². The van der Waals surface area contributed by atoms with E-state index in [1.54, 1.807) is 11.8 Å². The molecule has 1 spiro atoms. The average molecular weight is 512 g/mol. The molecule has 0 unspecified atom stereocenters. The predicted octanol–water partition coefficient (Wildman–Crippen LogP) is 5.14. The van der Waals surface area contributed by atoms with Gasteiger partial charge in [-0.1, -0.05) is 17.8 Å². The van der Waals surface area contributed by atoms with Crippen LogP contribution in [0.3, 0.4) is 0 Å². The first-order valence-corrected chi connectivity index (χ1v) is 13.4. The maximum atomic E-state index is 14.5. The zero-order valence-electron chi connectivity index (χ0n) is 20.3. The van der Waals surface area contributed by atoms with E-state index in [1.165, 1.54) is 6.07 Å². The van der Waals surface area contributed by atoms with Crippen LogP contribution >= 0.6 is 11.8 Å². The third-order valence-electron chi connectivity index (χ3n) is 8.16. The molecule has 3 fully saturated rings. The molecule has 2 saturated heterocycles. The van der Waals surface area contributed by atoms with Crippen molar-refractivity contribution in [3.8, 4) is 0 Å². The number of rotatable bonds is 7. The Bertz CT molecular complexity index is 1050. The highest BCUT2D eigenvalue weighted by Gasteiger charge is 2.58. The quantitative estimate of drug-likeness (QED) is 0.292. The van der Waals surface area contributed by atoms with E-state index in [4.69, 9.17) is 0 Å². The van der Waals surface area contributed by atoms with E-state index < -0.39 is 17.6 Å². The first kappa shape index (κ1) is 25.0. The molecule has 10 heteroatoms. The summed E-state index contributed by atoms with van der Waals surface area (Å²) in [5.74, 6) is 1.85. The van der Waals surface area contributed by atoms with Crippen LogP contribution in [0.4, 0.5) is 17.6 Å². The molecule has 0 bridgehead atoms. The van der Waals surface area contributed by atoms with Gasteiger partial charge in [0.05, 0.1) is 5.56 Å². The zero-order chi connectivity index (χ0) is 24.8. The number of hydrogen-bond acceptors (Lipinski definition) is 5. The smallest absolute Gasteiger partial charge is 0.309 e. The Hall–Kier alpha value is -1.65. The maximum Gasteiger partial charge on any atom is 0.416 e. The van der Waals surface area contributed by atoms with Crippen molar-refractivity contribution in [3.05, 3.63) is 41.0 Å². The van der Waals surface area contributed by atoms with Crippen molar-refractivity contribution in [1.29, 1.82) is 0 Å². The van der Waals surface area contributed by atoms with Crippen LogP contribution in [0.2, 0.25) is 0 Å². The van der Waals surface area contributed by atoms with Gasteiger partial charge in [-0.05, 0) is 94.4 Å². The molecule has 3 heterocycles. The number of piperidine rings is 1. The summed E-state index contributed by atoms with van der Waals surface area (Å²) >= 11 is 1.74. The summed E-state index contributed by atoms with van der Waals surface area (Å²) in [6, 6.07) is 3.01. The number of aromatic nitrogens is 3. The Kier molecular flexibility index (Phi) is 6.91. The molecule has 2 aromatic rings. The summed E-state index contributed by atoms with van der Waals surface area (Å²) in [4.78, 5) is 4.78. The van der Waals surface area contributed by atoms with Gasteiger partial charge in [-0.25, -0.2) is 4.39 Å². The summed E-state index contributed by atoms with van der Waals surface area (Å²) in [5.41, 5.74) is -0.446. The van der Waals surface area contributed by atoms with Crippen LogP contribution < -0.4 is 0 Å². The summed E-state index contributed by atoms with van der Waals surface area (Å²) in [5, 5.41) is 9.88. The van der Waals surface area contributed by atoms with E-state index in [1.807, 2.05) is 0 Å². The van der Waals surface area contributed by atoms with Gasteiger partial charge in [0.1, 0.15) is 11.6 Å². The van der Waals surface area contributed by atoms with Gasteiger partial charge >= 0.3 is 6.18 Å². The molecule has 3 aliphatic rings. The summed E-state index contributed by atoms with van der Waals surface area (Å²) in [6.45, 7) is 5.03. The van der Waals surface area contributed by atoms with Gasteiger partial charge in [0.25, 0.3) is 0 Å². The molecule has 2 atom stereocenters. The summed E-state index contributed by atoms with van der Waals surface area (Å²) in [7, 11) is 4.22. The molecular formula is C25H33F4N5S. The molecule has 5 nitrogen and oxygen atoms in total. The van der Waals surface area contributed by atoms with Crippen molar-refractivity contribution in [2.24, 2.45) is 12.5 Å². The van der Waals surface area contributed by atoms with Crippen molar-refractivity contribution in [2.75, 3.05) is 45.5 Å². The van der Waals surface area contributed by atoms with Crippen molar-refractivity contribution in [3.63, 3.8) is 0 Å². The number of benzene rings is 1. The second-order valence-corrected chi connectivity index (χ2v) is 11.6. The van der Waals surface area contributed by atoms with Gasteiger partial charge in [-0.2, -0.15) is 13.2 Å². The van der Waals surface area contributed by atoms with Gasteiger partial charge in [-0.3, -0.25) is 0 Å². The van der Waals surface area contributed by atoms with Crippen LogP contribution in [0.5, 0.6) is 0 Å². The minimum Gasteiger partial charge on any atom is -0.309 e. The molecular weight excluding hydrogens is 478 g/mol.